The number of hydrogen-bond acceptors (Lipinski definition) is 5. The number of anilines is 1. The molecule has 130 valence electrons. The standard InChI is InChI=1S/C15H18F3N5O/c1-8-9(2)12(22-6-5-14(24,7-22)10-3-4-10)21-23-11(8)19-20-13(23)15(16,17)18/h10,24H,3-7H2,1-2H3. The van der Waals surface area contributed by atoms with Crippen LogP contribution >= 0.6 is 0 Å². The van der Waals surface area contributed by atoms with Gasteiger partial charge in [-0.25, -0.2) is 0 Å². The highest BCUT2D eigenvalue weighted by Gasteiger charge is 2.48. The summed E-state index contributed by atoms with van der Waals surface area (Å²) in [5, 5.41) is 21.8. The molecule has 6 nitrogen and oxygen atoms in total. The molecule has 1 aliphatic heterocycles. The van der Waals surface area contributed by atoms with Gasteiger partial charge in [0.1, 0.15) is 0 Å². The van der Waals surface area contributed by atoms with E-state index >= 15 is 0 Å². The summed E-state index contributed by atoms with van der Waals surface area (Å²) < 4.78 is 40.1. The van der Waals surface area contributed by atoms with E-state index in [0.717, 1.165) is 22.9 Å². The maximum absolute atomic E-state index is 13.1. The smallest absolute Gasteiger partial charge is 0.388 e. The fourth-order valence-corrected chi connectivity index (χ4v) is 3.54. The van der Waals surface area contributed by atoms with E-state index in [1.54, 1.807) is 6.92 Å². The molecule has 24 heavy (non-hydrogen) atoms. The first-order valence-corrected chi connectivity index (χ1v) is 7.98. The van der Waals surface area contributed by atoms with Crippen molar-refractivity contribution in [3.8, 4) is 0 Å². The highest BCUT2D eigenvalue weighted by molar-refractivity contribution is 5.60. The van der Waals surface area contributed by atoms with E-state index in [4.69, 9.17) is 0 Å². The number of aryl methyl sites for hydroxylation is 1. The highest BCUT2D eigenvalue weighted by Crippen LogP contribution is 2.45. The van der Waals surface area contributed by atoms with Gasteiger partial charge in [-0.1, -0.05) is 0 Å². The molecule has 0 bridgehead atoms. The topological polar surface area (TPSA) is 66.5 Å². The van der Waals surface area contributed by atoms with Crippen LogP contribution < -0.4 is 4.90 Å². The number of rotatable bonds is 2. The average Bonchev–Trinajstić information content (AvgIpc) is 3.15. The molecule has 9 heteroatoms. The lowest BCUT2D eigenvalue weighted by Gasteiger charge is -2.25. The van der Waals surface area contributed by atoms with Gasteiger partial charge < -0.3 is 10.0 Å². The van der Waals surface area contributed by atoms with Crippen LogP contribution in [0, 0.1) is 19.8 Å². The first kappa shape index (κ1) is 15.6. The molecule has 1 saturated carbocycles. The molecular formula is C15H18F3N5O. The Labute approximate surface area is 136 Å². The summed E-state index contributed by atoms with van der Waals surface area (Å²) in [7, 11) is 0. The predicted octanol–water partition coefficient (Wildman–Crippen LogP) is 2.11. The van der Waals surface area contributed by atoms with Crippen LogP contribution in [-0.4, -0.2) is 43.6 Å². The Morgan fingerprint density at radius 3 is 2.50 bits per heavy atom. The number of nitrogens with zero attached hydrogens (tertiary/aromatic N) is 5. The van der Waals surface area contributed by atoms with E-state index < -0.39 is 17.6 Å². The second-order valence-electron chi connectivity index (χ2n) is 6.88. The van der Waals surface area contributed by atoms with Crippen LogP contribution in [0.2, 0.25) is 0 Å². The van der Waals surface area contributed by atoms with Gasteiger partial charge in [0.2, 0.25) is 0 Å². The molecule has 1 saturated heterocycles. The van der Waals surface area contributed by atoms with Crippen LogP contribution in [0.3, 0.4) is 0 Å². The average molecular weight is 341 g/mol. The first-order valence-electron chi connectivity index (χ1n) is 7.98. The third-order valence-corrected chi connectivity index (χ3v) is 5.24. The Hall–Kier alpha value is -1.90. The second kappa shape index (κ2) is 4.81. The van der Waals surface area contributed by atoms with Gasteiger partial charge in [0, 0.05) is 24.2 Å². The van der Waals surface area contributed by atoms with Gasteiger partial charge in [-0.05, 0) is 39.0 Å². The Bertz CT molecular complexity index is 814. The zero-order chi connectivity index (χ0) is 17.3. The lowest BCUT2D eigenvalue weighted by Crippen LogP contribution is -2.36. The third kappa shape index (κ3) is 2.25. The molecule has 2 fully saturated rings. The molecule has 1 N–H and O–H groups in total. The van der Waals surface area contributed by atoms with Crippen molar-refractivity contribution in [2.45, 2.75) is 44.9 Å². The number of halogens is 3. The van der Waals surface area contributed by atoms with Crippen molar-refractivity contribution in [1.82, 2.24) is 19.8 Å². The normalized spacial score (nSPS) is 25.0. The van der Waals surface area contributed by atoms with Crippen molar-refractivity contribution in [3.63, 3.8) is 0 Å². The molecule has 0 spiro atoms. The largest absolute Gasteiger partial charge is 0.453 e. The van der Waals surface area contributed by atoms with Gasteiger partial charge in [-0.2, -0.15) is 17.7 Å². The van der Waals surface area contributed by atoms with Crippen LogP contribution in [0.15, 0.2) is 0 Å². The van der Waals surface area contributed by atoms with Crippen molar-refractivity contribution in [3.05, 3.63) is 17.0 Å². The minimum atomic E-state index is -4.62. The SMILES string of the molecule is Cc1c(N2CCC(O)(C3CC3)C2)nn2c(C(F)(F)F)nnc2c1C. The number of hydrogen-bond donors (Lipinski definition) is 1. The number of aliphatic hydroxyl groups is 1. The Kier molecular flexibility index (Phi) is 3.13. The summed E-state index contributed by atoms with van der Waals surface area (Å²) in [6.07, 6.45) is -1.98. The fraction of sp³-hybridized carbons (Fsp3) is 0.667. The van der Waals surface area contributed by atoms with E-state index in [2.05, 4.69) is 15.3 Å². The van der Waals surface area contributed by atoms with Crippen molar-refractivity contribution in [2.75, 3.05) is 18.0 Å². The van der Waals surface area contributed by atoms with Crippen LogP contribution in [0.1, 0.15) is 36.2 Å². The van der Waals surface area contributed by atoms with Gasteiger partial charge in [0.25, 0.3) is 5.82 Å². The molecular weight excluding hydrogens is 323 g/mol. The molecule has 2 aromatic rings. The number of β-amino-alcohol motifs (C(OH)–C–C–N with tert-alkyl or cyclic N) is 1. The molecule has 1 atom stereocenters. The summed E-state index contributed by atoms with van der Waals surface area (Å²) in [5.41, 5.74) is 0.741. The minimum absolute atomic E-state index is 0.111. The van der Waals surface area contributed by atoms with Crippen LogP contribution in [-0.2, 0) is 6.18 Å². The van der Waals surface area contributed by atoms with E-state index in [0.29, 0.717) is 36.8 Å². The van der Waals surface area contributed by atoms with E-state index in [1.165, 1.54) is 0 Å². The molecule has 0 amide bonds. The fourth-order valence-electron chi connectivity index (χ4n) is 3.54. The zero-order valence-corrected chi connectivity index (χ0v) is 13.4. The highest BCUT2D eigenvalue weighted by atomic mass is 19.4. The number of alkyl halides is 3. The van der Waals surface area contributed by atoms with Crippen molar-refractivity contribution in [1.29, 1.82) is 0 Å². The quantitative estimate of drug-likeness (QED) is 0.906. The molecule has 1 unspecified atom stereocenters. The molecule has 1 aliphatic carbocycles. The van der Waals surface area contributed by atoms with Gasteiger partial charge >= 0.3 is 6.18 Å². The predicted molar refractivity (Wildman–Crippen MR) is 79.8 cm³/mol. The number of aromatic nitrogens is 4. The Morgan fingerprint density at radius 1 is 1.17 bits per heavy atom. The molecule has 0 aromatic carbocycles. The Balaban J connectivity index is 1.79. The van der Waals surface area contributed by atoms with Crippen LogP contribution in [0.25, 0.3) is 5.65 Å². The maximum Gasteiger partial charge on any atom is 0.453 e. The summed E-state index contributed by atoms with van der Waals surface area (Å²) in [6.45, 7) is 4.51. The molecule has 4 rings (SSSR count). The maximum atomic E-state index is 13.1. The Morgan fingerprint density at radius 2 is 1.88 bits per heavy atom. The molecule has 0 radical (unpaired) electrons. The van der Waals surface area contributed by atoms with Crippen molar-refractivity contribution < 1.29 is 18.3 Å². The second-order valence-corrected chi connectivity index (χ2v) is 6.88. The van der Waals surface area contributed by atoms with Crippen LogP contribution in [0.5, 0.6) is 0 Å². The van der Waals surface area contributed by atoms with Crippen LogP contribution in [0.4, 0.5) is 19.0 Å². The van der Waals surface area contributed by atoms with E-state index in [1.807, 2.05) is 11.8 Å². The zero-order valence-electron chi connectivity index (χ0n) is 13.4. The lowest BCUT2D eigenvalue weighted by atomic mass is 9.97. The third-order valence-electron chi connectivity index (χ3n) is 5.24. The molecule has 2 aliphatic rings. The molecule has 3 heterocycles. The van der Waals surface area contributed by atoms with E-state index in [9.17, 15) is 18.3 Å². The summed E-state index contributed by atoms with van der Waals surface area (Å²) in [6, 6.07) is 0. The van der Waals surface area contributed by atoms with E-state index in [-0.39, 0.29) is 5.65 Å². The summed E-state index contributed by atoms with van der Waals surface area (Å²) in [5.74, 6) is -0.367. The van der Waals surface area contributed by atoms with Gasteiger partial charge in [0.15, 0.2) is 11.5 Å². The van der Waals surface area contributed by atoms with Gasteiger partial charge in [-0.15, -0.1) is 15.3 Å². The van der Waals surface area contributed by atoms with Gasteiger partial charge in [-0.3, -0.25) is 0 Å². The lowest BCUT2D eigenvalue weighted by molar-refractivity contribution is -0.146. The summed E-state index contributed by atoms with van der Waals surface area (Å²) >= 11 is 0. The first-order chi connectivity index (χ1) is 11.2. The van der Waals surface area contributed by atoms with Gasteiger partial charge in [0.05, 0.1) is 5.60 Å². The summed E-state index contributed by atoms with van der Waals surface area (Å²) in [4.78, 5) is 1.88. The monoisotopic (exact) mass is 341 g/mol. The van der Waals surface area contributed by atoms with Crippen molar-refractivity contribution in [2.24, 2.45) is 5.92 Å². The number of fused-ring (bicyclic) bond motifs is 1. The minimum Gasteiger partial charge on any atom is -0.388 e. The molecule has 2 aromatic heterocycles. The van der Waals surface area contributed by atoms with Crippen molar-refractivity contribution >= 4 is 11.5 Å².